The molecular formula is C22H33N3O4. The number of nitrogens with two attached hydrogens (primary N) is 1. The number of benzene rings is 1. The molecule has 3 atom stereocenters. The molecule has 3 rings (SSSR count). The highest BCUT2D eigenvalue weighted by molar-refractivity contribution is 5.88. The normalized spacial score (nSPS) is 24.7. The van der Waals surface area contributed by atoms with Crippen LogP contribution in [0.15, 0.2) is 18.2 Å². The average molecular weight is 404 g/mol. The fourth-order valence-electron chi connectivity index (χ4n) is 4.28. The van der Waals surface area contributed by atoms with E-state index in [9.17, 15) is 14.7 Å². The van der Waals surface area contributed by atoms with Gasteiger partial charge in [-0.25, -0.2) is 4.79 Å². The quantitative estimate of drug-likeness (QED) is 0.672. The van der Waals surface area contributed by atoms with E-state index < -0.39 is 5.97 Å². The van der Waals surface area contributed by atoms with Gasteiger partial charge in [-0.2, -0.15) is 0 Å². The number of carbonyl (C=O) groups is 2. The molecule has 0 unspecified atom stereocenters. The Hall–Kier alpha value is -2.12. The van der Waals surface area contributed by atoms with E-state index in [0.717, 1.165) is 37.8 Å². The van der Waals surface area contributed by atoms with Crippen molar-refractivity contribution in [2.45, 2.75) is 70.0 Å². The van der Waals surface area contributed by atoms with Gasteiger partial charge < -0.3 is 20.5 Å². The second kappa shape index (κ2) is 8.71. The van der Waals surface area contributed by atoms with Gasteiger partial charge in [-0.05, 0) is 49.3 Å². The van der Waals surface area contributed by atoms with Crippen LogP contribution in [-0.4, -0.2) is 59.7 Å². The summed E-state index contributed by atoms with van der Waals surface area (Å²) in [6.07, 6.45) is 3.68. The largest absolute Gasteiger partial charge is 0.492 e. The first-order valence-corrected chi connectivity index (χ1v) is 10.5. The van der Waals surface area contributed by atoms with Crippen LogP contribution in [0, 0.1) is 0 Å². The third kappa shape index (κ3) is 4.90. The molecule has 4 N–H and O–H groups in total. The Morgan fingerprint density at radius 2 is 2.03 bits per heavy atom. The Labute approximate surface area is 172 Å². The number of amides is 1. The van der Waals surface area contributed by atoms with E-state index in [0.29, 0.717) is 18.9 Å². The molecule has 0 saturated carbocycles. The molecule has 29 heavy (non-hydrogen) atoms. The third-order valence-electron chi connectivity index (χ3n) is 5.95. The molecule has 0 bridgehead atoms. The maximum Gasteiger partial charge on any atom is 0.335 e. The van der Waals surface area contributed by atoms with Crippen molar-refractivity contribution in [1.29, 1.82) is 0 Å². The Balaban J connectivity index is 1.61. The van der Waals surface area contributed by atoms with Gasteiger partial charge in [0.05, 0.1) is 11.6 Å². The minimum Gasteiger partial charge on any atom is -0.492 e. The number of hydrogen-bond acceptors (Lipinski definition) is 5. The van der Waals surface area contributed by atoms with E-state index in [-0.39, 0.29) is 35.0 Å². The molecule has 2 aliphatic heterocycles. The maximum absolute atomic E-state index is 12.8. The molecule has 2 fully saturated rings. The molecule has 0 radical (unpaired) electrons. The number of carbonyl (C=O) groups excluding carboxylic acids is 1. The fraction of sp³-hybridized carbons (Fsp3) is 0.636. The zero-order valence-corrected chi connectivity index (χ0v) is 17.6. The molecule has 1 aromatic carbocycles. The van der Waals surface area contributed by atoms with Gasteiger partial charge in [-0.3, -0.25) is 10.1 Å². The number of hydrogen-bond donors (Lipinski definition) is 3. The second-order valence-electron chi connectivity index (χ2n) is 9.13. The van der Waals surface area contributed by atoms with Gasteiger partial charge in [0.15, 0.2) is 0 Å². The van der Waals surface area contributed by atoms with Crippen LogP contribution in [-0.2, 0) is 10.2 Å². The first-order chi connectivity index (χ1) is 13.7. The fourth-order valence-corrected chi connectivity index (χ4v) is 4.28. The smallest absolute Gasteiger partial charge is 0.335 e. The second-order valence-corrected chi connectivity index (χ2v) is 9.13. The van der Waals surface area contributed by atoms with Crippen molar-refractivity contribution in [3.63, 3.8) is 0 Å². The molecule has 0 aromatic heterocycles. The molecule has 2 aliphatic rings. The van der Waals surface area contributed by atoms with Crippen LogP contribution in [0.4, 0.5) is 0 Å². The molecule has 2 saturated heterocycles. The molecule has 160 valence electrons. The lowest BCUT2D eigenvalue weighted by Gasteiger charge is -2.27. The van der Waals surface area contributed by atoms with Crippen molar-refractivity contribution in [3.05, 3.63) is 29.3 Å². The number of aromatic carboxylic acids is 1. The van der Waals surface area contributed by atoms with Gasteiger partial charge in [0.25, 0.3) is 0 Å². The number of carboxylic acids is 1. The Bertz CT molecular complexity index is 759. The minimum atomic E-state index is -0.946. The topological polar surface area (TPSA) is 105 Å². The summed E-state index contributed by atoms with van der Waals surface area (Å²) in [6, 6.07) is 5.08. The summed E-state index contributed by atoms with van der Waals surface area (Å²) in [5.41, 5.74) is 6.69. The third-order valence-corrected chi connectivity index (χ3v) is 5.95. The van der Waals surface area contributed by atoms with Crippen molar-refractivity contribution < 1.29 is 19.4 Å². The number of likely N-dealkylation sites (tertiary alicyclic amines) is 1. The van der Waals surface area contributed by atoms with E-state index in [4.69, 9.17) is 10.5 Å². The van der Waals surface area contributed by atoms with Crippen LogP contribution in [0.25, 0.3) is 0 Å². The van der Waals surface area contributed by atoms with Gasteiger partial charge in [0.2, 0.25) is 5.91 Å². The predicted molar refractivity (Wildman–Crippen MR) is 111 cm³/mol. The van der Waals surface area contributed by atoms with Crippen LogP contribution < -0.4 is 15.8 Å². The monoisotopic (exact) mass is 403 g/mol. The molecule has 1 aromatic rings. The van der Waals surface area contributed by atoms with Gasteiger partial charge >= 0.3 is 5.97 Å². The van der Waals surface area contributed by atoms with Crippen molar-refractivity contribution in [1.82, 2.24) is 10.2 Å². The molecular weight excluding hydrogens is 370 g/mol. The van der Waals surface area contributed by atoms with E-state index in [1.807, 2.05) is 25.7 Å². The van der Waals surface area contributed by atoms with E-state index in [1.54, 1.807) is 18.2 Å². The first kappa shape index (κ1) is 21.6. The summed E-state index contributed by atoms with van der Waals surface area (Å²) in [7, 11) is 0. The van der Waals surface area contributed by atoms with Crippen molar-refractivity contribution in [3.8, 4) is 5.75 Å². The lowest BCUT2D eigenvalue weighted by Crippen LogP contribution is -2.49. The highest BCUT2D eigenvalue weighted by Gasteiger charge is 2.36. The predicted octanol–water partition coefficient (Wildman–Crippen LogP) is 2.13. The van der Waals surface area contributed by atoms with Crippen molar-refractivity contribution in [2.75, 3.05) is 19.7 Å². The molecule has 1 amide bonds. The van der Waals surface area contributed by atoms with Gasteiger partial charge in [0, 0.05) is 30.7 Å². The van der Waals surface area contributed by atoms with E-state index in [1.165, 1.54) is 0 Å². The summed E-state index contributed by atoms with van der Waals surface area (Å²) in [5, 5.41) is 12.7. The summed E-state index contributed by atoms with van der Waals surface area (Å²) in [5.74, 6) is -0.0954. The lowest BCUT2D eigenvalue weighted by molar-refractivity contribution is -0.133. The minimum absolute atomic E-state index is 0.0925. The van der Waals surface area contributed by atoms with Crippen molar-refractivity contribution in [2.24, 2.45) is 5.73 Å². The SMILES string of the molecule is CC(C)(C)c1cc(C(=O)O)ccc1OC[C@H]1CC[C@@H](C(=O)N2CCC[C@H]2CN)N1. The highest BCUT2D eigenvalue weighted by Crippen LogP contribution is 2.33. The van der Waals surface area contributed by atoms with Gasteiger partial charge in [-0.1, -0.05) is 20.8 Å². The van der Waals surface area contributed by atoms with Crippen LogP contribution in [0.1, 0.15) is 62.4 Å². The summed E-state index contributed by atoms with van der Waals surface area (Å²) >= 11 is 0. The summed E-state index contributed by atoms with van der Waals surface area (Å²) in [6.45, 7) is 7.87. The van der Waals surface area contributed by atoms with E-state index in [2.05, 4.69) is 5.32 Å². The highest BCUT2D eigenvalue weighted by atomic mass is 16.5. The Morgan fingerprint density at radius 1 is 1.28 bits per heavy atom. The number of ether oxygens (including phenoxy) is 1. The van der Waals surface area contributed by atoms with Gasteiger partial charge in [0.1, 0.15) is 12.4 Å². The Kier molecular flexibility index (Phi) is 6.49. The van der Waals surface area contributed by atoms with Crippen LogP contribution >= 0.6 is 0 Å². The molecule has 7 heteroatoms. The first-order valence-electron chi connectivity index (χ1n) is 10.5. The zero-order valence-electron chi connectivity index (χ0n) is 17.6. The number of carboxylic acid groups (broad SMARTS) is 1. The zero-order chi connectivity index (χ0) is 21.2. The average Bonchev–Trinajstić information content (AvgIpc) is 3.34. The van der Waals surface area contributed by atoms with Crippen LogP contribution in [0.5, 0.6) is 5.75 Å². The number of rotatable bonds is 6. The molecule has 7 nitrogen and oxygen atoms in total. The number of nitrogens with zero attached hydrogens (tertiary/aromatic N) is 1. The Morgan fingerprint density at radius 3 is 2.69 bits per heavy atom. The van der Waals surface area contributed by atoms with E-state index >= 15 is 0 Å². The molecule has 2 heterocycles. The van der Waals surface area contributed by atoms with Gasteiger partial charge in [-0.15, -0.1) is 0 Å². The maximum atomic E-state index is 12.8. The lowest BCUT2D eigenvalue weighted by atomic mass is 9.85. The summed E-state index contributed by atoms with van der Waals surface area (Å²) < 4.78 is 6.08. The molecule has 0 aliphatic carbocycles. The van der Waals surface area contributed by atoms with Crippen LogP contribution in [0.3, 0.4) is 0 Å². The summed E-state index contributed by atoms with van der Waals surface area (Å²) in [4.78, 5) is 26.1. The van der Waals surface area contributed by atoms with Crippen molar-refractivity contribution >= 4 is 11.9 Å². The molecule has 0 spiro atoms. The van der Waals surface area contributed by atoms with Crippen LogP contribution in [0.2, 0.25) is 0 Å². The number of nitrogens with one attached hydrogen (secondary N) is 1. The standard InChI is InChI=1S/C22H33N3O4/c1-22(2,3)17-11-14(21(27)28)6-9-19(17)29-13-15-7-8-18(24-15)20(26)25-10-4-5-16(25)12-23/h6,9,11,15-16,18,24H,4-5,7-8,10,12-13,23H2,1-3H3,(H,27,28)/t15-,16+,18+/m1/s1.